The summed E-state index contributed by atoms with van der Waals surface area (Å²) in [7, 11) is 0. The minimum atomic E-state index is -0.941. The van der Waals surface area contributed by atoms with Crippen molar-refractivity contribution in [3.63, 3.8) is 0 Å². The van der Waals surface area contributed by atoms with Crippen LogP contribution in [-0.2, 0) is 4.79 Å². The van der Waals surface area contributed by atoms with Gasteiger partial charge in [0.1, 0.15) is 6.26 Å². The van der Waals surface area contributed by atoms with E-state index in [1.54, 1.807) is 0 Å². The van der Waals surface area contributed by atoms with E-state index < -0.39 is 5.97 Å². The van der Waals surface area contributed by atoms with Crippen LogP contribution in [0.2, 0.25) is 0 Å². The van der Waals surface area contributed by atoms with Crippen LogP contribution in [0, 0.1) is 0 Å². The highest BCUT2D eigenvalue weighted by Gasteiger charge is 2.23. The number of benzene rings is 1. The van der Waals surface area contributed by atoms with Crippen LogP contribution in [0.15, 0.2) is 41.0 Å². The number of amides is 1. The number of hydrogen-bond acceptors (Lipinski definition) is 4. The highest BCUT2D eigenvalue weighted by molar-refractivity contribution is 5.92. The molecule has 1 heterocycles. The lowest BCUT2D eigenvalue weighted by Gasteiger charge is -2.25. The van der Waals surface area contributed by atoms with E-state index in [4.69, 9.17) is 9.52 Å². The molecular weight excluding hydrogens is 284 g/mol. The van der Waals surface area contributed by atoms with Crippen LogP contribution in [-0.4, -0.2) is 39.5 Å². The summed E-state index contributed by atoms with van der Waals surface area (Å²) in [6.07, 6.45) is 1.20. The van der Waals surface area contributed by atoms with Crippen molar-refractivity contribution in [1.29, 1.82) is 0 Å². The molecule has 0 bridgehead atoms. The molecule has 1 aromatic carbocycles. The molecule has 0 spiro atoms. The topological polar surface area (TPSA) is 83.6 Å². The van der Waals surface area contributed by atoms with Gasteiger partial charge in [-0.05, 0) is 26.0 Å². The minimum absolute atomic E-state index is 0.104. The second-order valence-electron chi connectivity index (χ2n) is 5.14. The quantitative estimate of drug-likeness (QED) is 0.887. The number of aliphatic carboxylic acids is 1. The Labute approximate surface area is 128 Å². The molecule has 0 saturated carbocycles. The fraction of sp³-hybridized carbons (Fsp3) is 0.312. The number of aromatic nitrogens is 1. The van der Waals surface area contributed by atoms with Crippen molar-refractivity contribution in [1.82, 2.24) is 9.88 Å². The maximum atomic E-state index is 12.5. The average molecular weight is 302 g/mol. The van der Waals surface area contributed by atoms with Crippen LogP contribution in [0.3, 0.4) is 0 Å². The van der Waals surface area contributed by atoms with Crippen molar-refractivity contribution in [2.24, 2.45) is 0 Å². The van der Waals surface area contributed by atoms with Gasteiger partial charge in [-0.3, -0.25) is 9.59 Å². The lowest BCUT2D eigenvalue weighted by Crippen LogP contribution is -2.38. The molecule has 1 amide bonds. The molecule has 0 atom stereocenters. The summed E-state index contributed by atoms with van der Waals surface area (Å²) in [5.41, 5.74) is 0.959. The first-order valence-corrected chi connectivity index (χ1v) is 7.02. The summed E-state index contributed by atoms with van der Waals surface area (Å²) in [6, 6.07) is 9.15. The molecule has 22 heavy (non-hydrogen) atoms. The molecular formula is C16H18N2O4. The van der Waals surface area contributed by atoms with E-state index in [9.17, 15) is 9.59 Å². The first-order chi connectivity index (χ1) is 10.5. The zero-order chi connectivity index (χ0) is 16.1. The van der Waals surface area contributed by atoms with E-state index in [1.807, 2.05) is 44.2 Å². The maximum Gasteiger partial charge on any atom is 0.305 e. The third-order valence-corrected chi connectivity index (χ3v) is 3.19. The van der Waals surface area contributed by atoms with Crippen molar-refractivity contribution < 1.29 is 19.1 Å². The minimum Gasteiger partial charge on any atom is -0.481 e. The molecule has 0 unspecified atom stereocenters. The van der Waals surface area contributed by atoms with Crippen LogP contribution >= 0.6 is 0 Å². The molecule has 0 aliphatic carbocycles. The third kappa shape index (κ3) is 3.72. The summed E-state index contributed by atoms with van der Waals surface area (Å²) in [4.78, 5) is 28.8. The number of carboxylic acid groups (broad SMARTS) is 1. The van der Waals surface area contributed by atoms with Crippen molar-refractivity contribution in [3.05, 3.63) is 42.3 Å². The largest absolute Gasteiger partial charge is 0.481 e. The van der Waals surface area contributed by atoms with E-state index in [0.717, 1.165) is 5.56 Å². The van der Waals surface area contributed by atoms with Crippen LogP contribution in [0.25, 0.3) is 11.5 Å². The molecule has 0 radical (unpaired) electrons. The molecule has 116 valence electrons. The SMILES string of the molecule is CC(C)N(CCC(=O)O)C(=O)c1coc(-c2ccccc2)n1. The van der Waals surface area contributed by atoms with Gasteiger partial charge in [0.25, 0.3) is 5.91 Å². The smallest absolute Gasteiger partial charge is 0.305 e. The van der Waals surface area contributed by atoms with Crippen molar-refractivity contribution in [2.45, 2.75) is 26.3 Å². The molecule has 6 nitrogen and oxygen atoms in total. The summed E-state index contributed by atoms with van der Waals surface area (Å²) in [5.74, 6) is -0.906. The van der Waals surface area contributed by atoms with Gasteiger partial charge in [-0.25, -0.2) is 4.98 Å². The molecule has 6 heteroatoms. The number of carbonyl (C=O) groups is 2. The van der Waals surface area contributed by atoms with Gasteiger partial charge in [0, 0.05) is 18.2 Å². The summed E-state index contributed by atoms with van der Waals surface area (Å²) >= 11 is 0. The Bertz CT molecular complexity index is 649. The maximum absolute atomic E-state index is 12.5. The predicted molar refractivity (Wildman–Crippen MR) is 80.4 cm³/mol. The van der Waals surface area contributed by atoms with E-state index >= 15 is 0 Å². The van der Waals surface area contributed by atoms with Gasteiger partial charge in [0.15, 0.2) is 5.69 Å². The summed E-state index contributed by atoms with van der Waals surface area (Å²) in [6.45, 7) is 3.80. The Morgan fingerprint density at radius 1 is 1.27 bits per heavy atom. The monoisotopic (exact) mass is 302 g/mol. The van der Waals surface area contributed by atoms with Gasteiger partial charge < -0.3 is 14.4 Å². The highest BCUT2D eigenvalue weighted by atomic mass is 16.4. The second kappa shape index (κ2) is 6.89. The van der Waals surface area contributed by atoms with Crippen LogP contribution in [0.4, 0.5) is 0 Å². The number of oxazole rings is 1. The van der Waals surface area contributed by atoms with Gasteiger partial charge in [-0.2, -0.15) is 0 Å². The fourth-order valence-corrected chi connectivity index (χ4v) is 2.04. The van der Waals surface area contributed by atoms with Crippen LogP contribution < -0.4 is 0 Å². The average Bonchev–Trinajstić information content (AvgIpc) is 2.97. The Morgan fingerprint density at radius 3 is 2.55 bits per heavy atom. The van der Waals surface area contributed by atoms with Gasteiger partial charge in [-0.15, -0.1) is 0 Å². The van der Waals surface area contributed by atoms with Gasteiger partial charge in [0.2, 0.25) is 5.89 Å². The predicted octanol–water partition coefficient (Wildman–Crippen LogP) is 2.67. The van der Waals surface area contributed by atoms with E-state index in [0.29, 0.717) is 5.89 Å². The highest BCUT2D eigenvalue weighted by Crippen LogP contribution is 2.19. The third-order valence-electron chi connectivity index (χ3n) is 3.19. The molecule has 0 aliphatic heterocycles. The Kier molecular flexibility index (Phi) is 4.93. The van der Waals surface area contributed by atoms with Gasteiger partial charge >= 0.3 is 5.97 Å². The standard InChI is InChI=1S/C16H18N2O4/c1-11(2)18(9-8-14(19)20)16(21)13-10-22-15(17-13)12-6-4-3-5-7-12/h3-7,10-11H,8-9H2,1-2H3,(H,19,20). The van der Waals surface area contributed by atoms with Crippen LogP contribution in [0.1, 0.15) is 30.8 Å². The zero-order valence-corrected chi connectivity index (χ0v) is 12.5. The van der Waals surface area contributed by atoms with Crippen molar-refractivity contribution in [3.8, 4) is 11.5 Å². The lowest BCUT2D eigenvalue weighted by atomic mass is 10.2. The first-order valence-electron chi connectivity index (χ1n) is 7.02. The molecule has 1 aromatic heterocycles. The molecule has 0 saturated heterocycles. The number of rotatable bonds is 6. The molecule has 0 aliphatic rings. The number of nitrogens with zero attached hydrogens (tertiary/aromatic N) is 2. The Hall–Kier alpha value is -2.63. The van der Waals surface area contributed by atoms with Gasteiger partial charge in [0.05, 0.1) is 6.42 Å². The van der Waals surface area contributed by atoms with E-state index in [2.05, 4.69) is 4.98 Å². The lowest BCUT2D eigenvalue weighted by molar-refractivity contribution is -0.137. The number of carbonyl (C=O) groups excluding carboxylic acids is 1. The second-order valence-corrected chi connectivity index (χ2v) is 5.14. The molecule has 2 rings (SSSR count). The number of hydrogen-bond donors (Lipinski definition) is 1. The van der Waals surface area contributed by atoms with Gasteiger partial charge in [-0.1, -0.05) is 18.2 Å². The summed E-state index contributed by atoms with van der Waals surface area (Å²) in [5, 5.41) is 8.78. The Morgan fingerprint density at radius 2 is 1.95 bits per heavy atom. The normalized spacial score (nSPS) is 10.7. The molecule has 0 fully saturated rings. The zero-order valence-electron chi connectivity index (χ0n) is 12.5. The molecule has 2 aromatic rings. The van der Waals surface area contributed by atoms with Crippen molar-refractivity contribution >= 4 is 11.9 Å². The first kappa shape index (κ1) is 15.8. The molecule has 1 N–H and O–H groups in total. The Balaban J connectivity index is 2.17. The fourth-order valence-electron chi connectivity index (χ4n) is 2.04. The summed E-state index contributed by atoms with van der Waals surface area (Å²) < 4.78 is 5.35. The van der Waals surface area contributed by atoms with E-state index in [-0.39, 0.29) is 30.6 Å². The van der Waals surface area contributed by atoms with Crippen molar-refractivity contribution in [2.75, 3.05) is 6.54 Å². The van der Waals surface area contributed by atoms with E-state index in [1.165, 1.54) is 11.2 Å². The number of carboxylic acids is 1. The van der Waals surface area contributed by atoms with Crippen LogP contribution in [0.5, 0.6) is 0 Å².